The molecule has 0 amide bonds. The van der Waals surface area contributed by atoms with Crippen molar-refractivity contribution < 1.29 is 9.47 Å². The molecule has 1 N–H and O–H groups in total. The maximum absolute atomic E-state index is 5.15. The molecular weight excluding hydrogens is 204 g/mol. The van der Waals surface area contributed by atoms with Crippen LogP contribution in [0.1, 0.15) is 20.3 Å². The first-order valence-corrected chi connectivity index (χ1v) is 6.10. The molecule has 0 aromatic heterocycles. The second kappa shape index (κ2) is 10.0. The van der Waals surface area contributed by atoms with Crippen LogP contribution in [0.15, 0.2) is 0 Å². The van der Waals surface area contributed by atoms with Crippen molar-refractivity contribution in [3.8, 4) is 0 Å². The van der Waals surface area contributed by atoms with Crippen LogP contribution >= 0.6 is 0 Å². The van der Waals surface area contributed by atoms with Gasteiger partial charge in [-0.3, -0.25) is 4.90 Å². The first kappa shape index (κ1) is 15.8. The highest BCUT2D eigenvalue weighted by atomic mass is 16.5. The van der Waals surface area contributed by atoms with Gasteiger partial charge in [-0.2, -0.15) is 0 Å². The second-order valence-corrected chi connectivity index (χ2v) is 4.07. The van der Waals surface area contributed by atoms with Crippen molar-refractivity contribution in [1.29, 1.82) is 0 Å². The quantitative estimate of drug-likeness (QED) is 0.608. The van der Waals surface area contributed by atoms with E-state index in [9.17, 15) is 0 Å². The Balaban J connectivity index is 4.21. The van der Waals surface area contributed by atoms with E-state index in [-0.39, 0.29) is 0 Å². The van der Waals surface area contributed by atoms with Crippen LogP contribution in [0.2, 0.25) is 0 Å². The summed E-state index contributed by atoms with van der Waals surface area (Å²) in [5.41, 5.74) is 0. The minimum atomic E-state index is 0.500. The fourth-order valence-electron chi connectivity index (χ4n) is 1.98. The van der Waals surface area contributed by atoms with Gasteiger partial charge in [-0.25, -0.2) is 0 Å². The molecule has 0 aliphatic carbocycles. The Morgan fingerprint density at radius 2 is 1.62 bits per heavy atom. The first-order valence-electron chi connectivity index (χ1n) is 6.10. The van der Waals surface area contributed by atoms with Crippen LogP contribution in [-0.4, -0.2) is 64.6 Å². The lowest BCUT2D eigenvalue weighted by atomic mass is 10.1. The van der Waals surface area contributed by atoms with Gasteiger partial charge >= 0.3 is 0 Å². The summed E-state index contributed by atoms with van der Waals surface area (Å²) in [7, 11) is 5.51. The van der Waals surface area contributed by atoms with Crippen LogP contribution in [0.5, 0.6) is 0 Å². The summed E-state index contributed by atoms with van der Waals surface area (Å²) in [5, 5.41) is 3.36. The maximum Gasteiger partial charge on any atom is 0.0589 e. The van der Waals surface area contributed by atoms with Gasteiger partial charge in [-0.15, -0.1) is 0 Å². The van der Waals surface area contributed by atoms with Crippen molar-refractivity contribution >= 4 is 0 Å². The van der Waals surface area contributed by atoms with Crippen molar-refractivity contribution in [2.24, 2.45) is 0 Å². The van der Waals surface area contributed by atoms with Crippen LogP contribution in [0.3, 0.4) is 0 Å². The molecule has 4 heteroatoms. The fourth-order valence-corrected chi connectivity index (χ4v) is 1.98. The van der Waals surface area contributed by atoms with Crippen LogP contribution in [0, 0.1) is 0 Å². The minimum Gasteiger partial charge on any atom is -0.383 e. The van der Waals surface area contributed by atoms with Crippen molar-refractivity contribution in [3.05, 3.63) is 0 Å². The molecule has 0 aromatic carbocycles. The molecular formula is C12H28N2O2. The van der Waals surface area contributed by atoms with Gasteiger partial charge in [-0.05, 0) is 20.4 Å². The third-order valence-corrected chi connectivity index (χ3v) is 3.13. The van der Waals surface area contributed by atoms with Crippen molar-refractivity contribution in [2.75, 3.05) is 47.6 Å². The first-order chi connectivity index (χ1) is 7.71. The van der Waals surface area contributed by atoms with E-state index in [0.29, 0.717) is 12.1 Å². The van der Waals surface area contributed by atoms with Gasteiger partial charge in [0.2, 0.25) is 0 Å². The molecule has 0 saturated heterocycles. The number of rotatable bonds is 10. The van der Waals surface area contributed by atoms with Gasteiger partial charge in [0.1, 0.15) is 0 Å². The summed E-state index contributed by atoms with van der Waals surface area (Å²) in [5.74, 6) is 0. The molecule has 0 heterocycles. The molecule has 0 rings (SSSR count). The van der Waals surface area contributed by atoms with Gasteiger partial charge in [0.05, 0.1) is 13.2 Å². The Morgan fingerprint density at radius 1 is 1.12 bits per heavy atom. The standard InChI is InChI=1S/C12H28N2O2/c1-6-12(13-3)11(2)14(7-9-15-4)8-10-16-5/h11-13H,6-10H2,1-5H3. The SMILES string of the molecule is CCC(NC)C(C)N(CCOC)CCOC. The molecule has 0 saturated carbocycles. The van der Waals surface area contributed by atoms with Gasteiger partial charge in [-0.1, -0.05) is 6.92 Å². The lowest BCUT2D eigenvalue weighted by Crippen LogP contribution is -2.49. The molecule has 2 unspecified atom stereocenters. The molecule has 4 nitrogen and oxygen atoms in total. The lowest BCUT2D eigenvalue weighted by Gasteiger charge is -2.34. The Labute approximate surface area is 100 Å². The van der Waals surface area contributed by atoms with E-state index in [1.807, 2.05) is 7.05 Å². The Kier molecular flexibility index (Phi) is 9.92. The van der Waals surface area contributed by atoms with E-state index in [2.05, 4.69) is 24.1 Å². The molecule has 16 heavy (non-hydrogen) atoms. The van der Waals surface area contributed by atoms with Crippen LogP contribution in [0.25, 0.3) is 0 Å². The molecule has 0 spiro atoms. The summed E-state index contributed by atoms with van der Waals surface area (Å²) < 4.78 is 10.3. The zero-order valence-corrected chi connectivity index (χ0v) is 11.5. The summed E-state index contributed by atoms with van der Waals surface area (Å²) in [6.45, 7) is 7.93. The molecule has 0 aliphatic rings. The zero-order chi connectivity index (χ0) is 12.4. The number of methoxy groups -OCH3 is 2. The predicted molar refractivity (Wildman–Crippen MR) is 67.9 cm³/mol. The summed E-state index contributed by atoms with van der Waals surface area (Å²) in [6.07, 6.45) is 1.13. The number of likely N-dealkylation sites (N-methyl/N-ethyl adjacent to an activating group) is 1. The molecule has 0 bridgehead atoms. The van der Waals surface area contributed by atoms with Crippen LogP contribution in [0.4, 0.5) is 0 Å². The molecule has 2 atom stereocenters. The van der Waals surface area contributed by atoms with E-state index in [4.69, 9.17) is 9.47 Å². The van der Waals surface area contributed by atoms with E-state index >= 15 is 0 Å². The third kappa shape index (κ3) is 5.80. The lowest BCUT2D eigenvalue weighted by molar-refractivity contribution is 0.0797. The van der Waals surface area contributed by atoms with Crippen LogP contribution in [-0.2, 0) is 9.47 Å². The molecule has 98 valence electrons. The number of hydrogen-bond acceptors (Lipinski definition) is 4. The topological polar surface area (TPSA) is 33.7 Å². The third-order valence-electron chi connectivity index (χ3n) is 3.13. The summed E-state index contributed by atoms with van der Waals surface area (Å²) in [6, 6.07) is 1.02. The molecule has 0 radical (unpaired) electrons. The zero-order valence-electron chi connectivity index (χ0n) is 11.5. The van der Waals surface area contributed by atoms with E-state index in [0.717, 1.165) is 32.7 Å². The average molecular weight is 232 g/mol. The molecule has 0 aliphatic heterocycles. The average Bonchev–Trinajstić information content (AvgIpc) is 2.30. The van der Waals surface area contributed by atoms with E-state index < -0.39 is 0 Å². The number of ether oxygens (including phenoxy) is 2. The second-order valence-electron chi connectivity index (χ2n) is 4.07. The van der Waals surface area contributed by atoms with E-state index in [1.54, 1.807) is 14.2 Å². The normalized spacial score (nSPS) is 15.4. The number of nitrogens with one attached hydrogen (secondary N) is 1. The molecule has 0 fully saturated rings. The van der Waals surface area contributed by atoms with E-state index in [1.165, 1.54) is 0 Å². The maximum atomic E-state index is 5.15. The highest BCUT2D eigenvalue weighted by molar-refractivity contribution is 4.79. The van der Waals surface area contributed by atoms with Gasteiger partial charge in [0, 0.05) is 39.4 Å². The summed E-state index contributed by atoms with van der Waals surface area (Å²) >= 11 is 0. The number of hydrogen-bond donors (Lipinski definition) is 1. The minimum absolute atomic E-state index is 0.500. The Morgan fingerprint density at radius 3 is 1.94 bits per heavy atom. The highest BCUT2D eigenvalue weighted by Gasteiger charge is 2.20. The van der Waals surface area contributed by atoms with Crippen molar-refractivity contribution in [3.63, 3.8) is 0 Å². The smallest absolute Gasteiger partial charge is 0.0589 e. The monoisotopic (exact) mass is 232 g/mol. The van der Waals surface area contributed by atoms with Crippen LogP contribution < -0.4 is 5.32 Å². The number of nitrogens with zero attached hydrogens (tertiary/aromatic N) is 1. The van der Waals surface area contributed by atoms with Gasteiger partial charge in [0.15, 0.2) is 0 Å². The molecule has 0 aromatic rings. The largest absolute Gasteiger partial charge is 0.383 e. The van der Waals surface area contributed by atoms with Crippen molar-refractivity contribution in [2.45, 2.75) is 32.4 Å². The fraction of sp³-hybridized carbons (Fsp3) is 1.00. The predicted octanol–water partition coefficient (Wildman–Crippen LogP) is 0.968. The van der Waals surface area contributed by atoms with Gasteiger partial charge in [0.25, 0.3) is 0 Å². The van der Waals surface area contributed by atoms with Crippen molar-refractivity contribution in [1.82, 2.24) is 10.2 Å². The van der Waals surface area contributed by atoms with Gasteiger partial charge < -0.3 is 14.8 Å². The highest BCUT2D eigenvalue weighted by Crippen LogP contribution is 2.07. The Hall–Kier alpha value is -0.160. The Bertz CT molecular complexity index is 144. The summed E-state index contributed by atoms with van der Waals surface area (Å²) in [4.78, 5) is 2.41.